The van der Waals surface area contributed by atoms with E-state index in [-0.39, 0.29) is 15.7 Å². The van der Waals surface area contributed by atoms with E-state index in [4.69, 9.17) is 27.9 Å². The zero-order valence-corrected chi connectivity index (χ0v) is 18.5. The van der Waals surface area contributed by atoms with Crippen molar-refractivity contribution in [2.45, 2.75) is 17.6 Å². The predicted octanol–water partition coefficient (Wildman–Crippen LogP) is 5.15. The van der Waals surface area contributed by atoms with Gasteiger partial charge in [-0.15, -0.1) is 0 Å². The summed E-state index contributed by atoms with van der Waals surface area (Å²) in [5, 5.41) is 3.41. The normalized spacial score (nSPS) is 12.1. The van der Waals surface area contributed by atoms with Gasteiger partial charge in [-0.1, -0.05) is 23.2 Å². The quantitative estimate of drug-likeness (QED) is 0.476. The summed E-state index contributed by atoms with van der Waals surface area (Å²) in [5.41, 5.74) is -1.61. The molecular weight excluding hydrogens is 478 g/mol. The topological polar surface area (TPSA) is 64.4 Å². The van der Waals surface area contributed by atoms with Crippen molar-refractivity contribution in [3.05, 3.63) is 70.0 Å². The van der Waals surface area contributed by atoms with Crippen molar-refractivity contribution in [1.82, 2.24) is 9.78 Å². The summed E-state index contributed by atoms with van der Waals surface area (Å²) in [5.74, 6) is 0.447. The maximum absolute atomic E-state index is 13.5. The first-order chi connectivity index (χ1) is 14.4. The van der Waals surface area contributed by atoms with Crippen LogP contribution in [-0.4, -0.2) is 25.3 Å². The maximum atomic E-state index is 13.5. The van der Waals surface area contributed by atoms with Crippen LogP contribution in [0.15, 0.2) is 53.4 Å². The van der Waals surface area contributed by atoms with E-state index in [1.807, 2.05) is 0 Å². The number of methoxy groups -OCH3 is 1. The lowest BCUT2D eigenvalue weighted by Gasteiger charge is -2.25. The molecule has 0 amide bonds. The molecule has 31 heavy (non-hydrogen) atoms. The Morgan fingerprint density at radius 3 is 2.16 bits per heavy atom. The number of alkyl halides is 3. The highest BCUT2D eigenvalue weighted by molar-refractivity contribution is 7.92. The molecule has 0 fully saturated rings. The minimum Gasteiger partial charge on any atom is -0.497 e. The van der Waals surface area contributed by atoms with Crippen LogP contribution in [0.3, 0.4) is 0 Å². The van der Waals surface area contributed by atoms with Crippen LogP contribution >= 0.6 is 23.2 Å². The van der Waals surface area contributed by atoms with Gasteiger partial charge in [0.15, 0.2) is 5.69 Å². The highest BCUT2D eigenvalue weighted by Crippen LogP contribution is 2.37. The van der Waals surface area contributed by atoms with E-state index >= 15 is 0 Å². The number of aromatic nitrogens is 2. The molecule has 0 aliphatic rings. The Bertz CT molecular complexity index is 1180. The maximum Gasteiger partial charge on any atom is 0.435 e. The molecule has 12 heteroatoms. The zero-order valence-electron chi connectivity index (χ0n) is 16.2. The molecule has 0 unspecified atom stereocenters. The third-order valence-corrected chi connectivity index (χ3v) is 6.91. The molecule has 0 spiro atoms. The first kappa shape index (κ1) is 23.2. The second-order valence-corrected chi connectivity index (χ2v) is 9.06. The molecule has 0 N–H and O–H groups in total. The van der Waals surface area contributed by atoms with Crippen LogP contribution in [0, 0.1) is 0 Å². The first-order valence-electron chi connectivity index (χ1n) is 8.66. The summed E-state index contributed by atoms with van der Waals surface area (Å²) in [6, 6.07) is 11.1. The van der Waals surface area contributed by atoms with Crippen molar-refractivity contribution in [2.24, 2.45) is 7.05 Å². The van der Waals surface area contributed by atoms with Gasteiger partial charge in [-0.05, 0) is 48.5 Å². The van der Waals surface area contributed by atoms with Crippen LogP contribution < -0.4 is 9.04 Å². The van der Waals surface area contributed by atoms with Crippen molar-refractivity contribution in [3.63, 3.8) is 0 Å². The summed E-state index contributed by atoms with van der Waals surface area (Å²) in [7, 11) is -1.61. The molecule has 6 nitrogen and oxygen atoms in total. The molecule has 166 valence electrons. The van der Waals surface area contributed by atoms with E-state index in [0.717, 1.165) is 8.99 Å². The largest absolute Gasteiger partial charge is 0.497 e. The van der Waals surface area contributed by atoms with Gasteiger partial charge in [0.1, 0.15) is 10.9 Å². The Hall–Kier alpha value is -2.43. The van der Waals surface area contributed by atoms with Crippen LogP contribution in [0.5, 0.6) is 5.75 Å². The summed E-state index contributed by atoms with van der Waals surface area (Å²) < 4.78 is 74.1. The van der Waals surface area contributed by atoms with Crippen molar-refractivity contribution in [2.75, 3.05) is 11.4 Å². The molecule has 0 radical (unpaired) electrons. The number of hydrogen-bond acceptors (Lipinski definition) is 4. The lowest BCUT2D eigenvalue weighted by molar-refractivity contribution is -0.142. The lowest BCUT2D eigenvalue weighted by atomic mass is 10.2. The highest BCUT2D eigenvalue weighted by atomic mass is 35.5. The van der Waals surface area contributed by atoms with Gasteiger partial charge in [-0.3, -0.25) is 8.99 Å². The summed E-state index contributed by atoms with van der Waals surface area (Å²) in [4.78, 5) is -0.152. The van der Waals surface area contributed by atoms with E-state index in [2.05, 4.69) is 5.10 Å². The first-order valence-corrected chi connectivity index (χ1v) is 10.9. The van der Waals surface area contributed by atoms with E-state index in [0.29, 0.717) is 10.8 Å². The Morgan fingerprint density at radius 1 is 1.06 bits per heavy atom. The Morgan fingerprint density at radius 2 is 1.65 bits per heavy atom. The van der Waals surface area contributed by atoms with Crippen LogP contribution in [0.25, 0.3) is 0 Å². The number of hydrogen-bond donors (Lipinski definition) is 0. The van der Waals surface area contributed by atoms with Crippen molar-refractivity contribution in [1.29, 1.82) is 0 Å². The second kappa shape index (κ2) is 8.60. The molecule has 0 saturated carbocycles. The van der Waals surface area contributed by atoms with E-state index in [9.17, 15) is 21.6 Å². The summed E-state index contributed by atoms with van der Waals surface area (Å²) >= 11 is 11.9. The van der Waals surface area contributed by atoms with Crippen molar-refractivity contribution < 1.29 is 26.3 Å². The molecule has 0 saturated heterocycles. The van der Waals surface area contributed by atoms with Gasteiger partial charge in [0.2, 0.25) is 0 Å². The molecular formula is C19H16Cl2F3N3O3S. The summed E-state index contributed by atoms with van der Waals surface area (Å²) in [6.45, 7) is -0.696. The second-order valence-electron chi connectivity index (χ2n) is 6.40. The number of benzene rings is 2. The average molecular weight is 494 g/mol. The van der Waals surface area contributed by atoms with Crippen molar-refractivity contribution >= 4 is 38.9 Å². The van der Waals surface area contributed by atoms with Crippen LogP contribution in [-0.2, 0) is 29.8 Å². The fraction of sp³-hybridized carbons (Fsp3) is 0.211. The molecule has 1 aromatic heterocycles. The van der Waals surface area contributed by atoms with E-state index < -0.39 is 34.0 Å². The van der Waals surface area contributed by atoms with Crippen LogP contribution in [0.2, 0.25) is 10.2 Å². The molecule has 2 aromatic carbocycles. The number of nitrogens with zero attached hydrogens (tertiary/aromatic N) is 3. The van der Waals surface area contributed by atoms with Gasteiger partial charge >= 0.3 is 6.18 Å². The van der Waals surface area contributed by atoms with Crippen LogP contribution in [0.4, 0.5) is 18.9 Å². The number of sulfonamides is 1. The van der Waals surface area contributed by atoms with Gasteiger partial charge in [-0.25, -0.2) is 8.42 Å². The molecule has 3 aromatic rings. The Labute approximate surface area is 186 Å². The minimum atomic E-state index is -4.82. The third kappa shape index (κ3) is 4.76. The zero-order chi connectivity index (χ0) is 23.0. The lowest BCUT2D eigenvalue weighted by Crippen LogP contribution is -2.31. The molecule has 1 heterocycles. The summed E-state index contributed by atoms with van der Waals surface area (Å²) in [6.07, 6.45) is -4.82. The Kier molecular flexibility index (Phi) is 6.45. The van der Waals surface area contributed by atoms with Gasteiger partial charge in [0.05, 0.1) is 24.2 Å². The fourth-order valence-electron chi connectivity index (χ4n) is 2.86. The molecule has 0 aliphatic carbocycles. The van der Waals surface area contributed by atoms with Gasteiger partial charge in [0.25, 0.3) is 10.0 Å². The molecule has 3 rings (SSSR count). The van der Waals surface area contributed by atoms with Crippen molar-refractivity contribution in [3.8, 4) is 5.75 Å². The SMILES string of the molecule is COc1ccc(N(Cc2c(C(F)(F)F)nn(C)c2Cl)S(=O)(=O)c2ccc(Cl)cc2)cc1. The monoisotopic (exact) mass is 493 g/mol. The van der Waals surface area contributed by atoms with Gasteiger partial charge < -0.3 is 4.74 Å². The average Bonchev–Trinajstić information content (AvgIpc) is 3.01. The number of ether oxygens (including phenoxy) is 1. The van der Waals surface area contributed by atoms with Gasteiger partial charge in [0, 0.05) is 17.6 Å². The number of rotatable bonds is 6. The van der Waals surface area contributed by atoms with E-state index in [1.54, 1.807) is 0 Å². The number of anilines is 1. The highest BCUT2D eigenvalue weighted by Gasteiger charge is 2.40. The predicted molar refractivity (Wildman–Crippen MR) is 111 cm³/mol. The molecule has 0 bridgehead atoms. The smallest absolute Gasteiger partial charge is 0.435 e. The van der Waals surface area contributed by atoms with Crippen LogP contribution in [0.1, 0.15) is 11.3 Å². The standard InChI is InChI=1S/C19H16Cl2F3N3O3S/c1-26-18(21)16(17(25-26)19(22,23)24)11-27(13-5-7-14(30-2)8-6-13)31(28,29)15-9-3-12(20)4-10-15/h3-10H,11H2,1-2H3. The fourth-order valence-corrected chi connectivity index (χ4v) is 4.60. The Balaban J connectivity index is 2.17. The minimum absolute atomic E-state index is 0.115. The molecule has 0 atom stereocenters. The number of aryl methyl sites for hydroxylation is 1. The third-order valence-electron chi connectivity index (χ3n) is 4.40. The number of halogens is 5. The molecule has 0 aliphatic heterocycles. The van der Waals surface area contributed by atoms with Gasteiger partial charge in [-0.2, -0.15) is 18.3 Å². The van der Waals surface area contributed by atoms with E-state index in [1.165, 1.54) is 62.7 Å².